The van der Waals surface area contributed by atoms with Crippen LogP contribution in [0.4, 0.5) is 13.2 Å². The van der Waals surface area contributed by atoms with Crippen LogP contribution in [0.1, 0.15) is 54.4 Å². The van der Waals surface area contributed by atoms with Crippen LogP contribution in [0.5, 0.6) is 0 Å². The monoisotopic (exact) mass is 511 g/mol. The molecule has 2 atom stereocenters. The summed E-state index contributed by atoms with van der Waals surface area (Å²) in [6, 6.07) is 21.4. The molecule has 1 aliphatic rings. The van der Waals surface area contributed by atoms with Crippen LogP contribution in [0, 0.1) is 11.8 Å². The number of alkyl halides is 3. The normalized spacial score (nSPS) is 19.3. The maximum absolute atomic E-state index is 10.4. The molecule has 1 aliphatic heterocycles. The molecule has 3 rings (SSSR count). The topological polar surface area (TPSA) is 41.5 Å². The van der Waals surface area contributed by atoms with E-state index in [4.69, 9.17) is 4.18 Å². The molecule has 2 N–H and O–H groups in total. The van der Waals surface area contributed by atoms with Gasteiger partial charge in [0.05, 0.1) is 12.6 Å². The van der Waals surface area contributed by atoms with E-state index in [-0.39, 0.29) is 23.6 Å². The van der Waals surface area contributed by atoms with Crippen molar-refractivity contribution in [1.82, 2.24) is 5.32 Å². The average molecular weight is 512 g/mol. The summed E-state index contributed by atoms with van der Waals surface area (Å²) in [6.45, 7) is 12.1. The summed E-state index contributed by atoms with van der Waals surface area (Å²) in [7, 11) is -1.78. The van der Waals surface area contributed by atoms with Gasteiger partial charge >= 0.3 is 6.18 Å². The van der Waals surface area contributed by atoms with Crippen molar-refractivity contribution in [3.8, 4) is 0 Å². The van der Waals surface area contributed by atoms with E-state index < -0.39 is 16.5 Å². The molecule has 1 heterocycles. The number of rotatable bonds is 7. The van der Waals surface area contributed by atoms with Gasteiger partial charge in [0.1, 0.15) is 0 Å². The summed E-state index contributed by atoms with van der Waals surface area (Å²) in [6.07, 6.45) is -0.0965. The number of nitrogens with one attached hydrogen (secondary N) is 1. The smallest absolute Gasteiger partial charge is 0.386 e. The van der Waals surface area contributed by atoms with Gasteiger partial charge in [0, 0.05) is 21.5 Å². The molecule has 2 aromatic rings. The van der Waals surface area contributed by atoms with Gasteiger partial charge in [0.2, 0.25) is 0 Å². The van der Waals surface area contributed by atoms with Crippen LogP contribution >= 0.6 is 10.3 Å². The summed E-state index contributed by atoms with van der Waals surface area (Å²) < 4.78 is 38.0. The number of hydrogen-bond donors (Lipinski definition) is 2. The fourth-order valence-electron chi connectivity index (χ4n) is 4.39. The summed E-state index contributed by atoms with van der Waals surface area (Å²) in [4.78, 5) is 2.47. The van der Waals surface area contributed by atoms with Gasteiger partial charge in [0.15, 0.2) is 5.88 Å². The zero-order valence-electron chi connectivity index (χ0n) is 21.6. The molecule has 2 aromatic carbocycles. The van der Waals surface area contributed by atoms with Crippen molar-refractivity contribution < 1.29 is 22.5 Å². The predicted octanol–water partition coefficient (Wildman–Crippen LogP) is 8.63. The Morgan fingerprint density at radius 1 is 0.943 bits per heavy atom. The van der Waals surface area contributed by atoms with E-state index >= 15 is 0 Å². The van der Waals surface area contributed by atoms with Gasteiger partial charge < -0.3 is 14.6 Å². The van der Waals surface area contributed by atoms with Crippen LogP contribution in [-0.2, 0) is 4.18 Å². The van der Waals surface area contributed by atoms with E-state index in [9.17, 15) is 18.3 Å². The lowest BCUT2D eigenvalue weighted by atomic mass is 9.86. The average Bonchev–Trinajstić information content (AvgIpc) is 2.75. The molecule has 0 spiro atoms. The SMILES string of the molecule is CC(C)CC1CC=C(O)NC1COS(c1ccccc1)(c1ccccc1)C(C)(C)C.CC(F)(F)F. The van der Waals surface area contributed by atoms with Gasteiger partial charge in [-0.3, -0.25) is 0 Å². The molecule has 0 aliphatic carbocycles. The zero-order chi connectivity index (χ0) is 26.3. The Morgan fingerprint density at radius 3 is 1.80 bits per heavy atom. The van der Waals surface area contributed by atoms with Crippen LogP contribution in [0.2, 0.25) is 0 Å². The van der Waals surface area contributed by atoms with Crippen LogP contribution in [-0.4, -0.2) is 28.7 Å². The van der Waals surface area contributed by atoms with E-state index in [1.165, 1.54) is 9.79 Å². The highest BCUT2D eigenvalue weighted by Crippen LogP contribution is 2.71. The van der Waals surface area contributed by atoms with Crippen molar-refractivity contribution in [2.75, 3.05) is 6.61 Å². The van der Waals surface area contributed by atoms with Crippen molar-refractivity contribution in [2.24, 2.45) is 11.8 Å². The Kier molecular flexibility index (Phi) is 10.2. The fraction of sp³-hybridized carbons (Fsp3) is 0.500. The van der Waals surface area contributed by atoms with Gasteiger partial charge in [-0.25, -0.2) is 0 Å². The summed E-state index contributed by atoms with van der Waals surface area (Å²) in [5, 5.41) is 13.5. The van der Waals surface area contributed by atoms with E-state index in [0.717, 1.165) is 12.8 Å². The predicted molar refractivity (Wildman–Crippen MR) is 140 cm³/mol. The molecule has 3 nitrogen and oxygen atoms in total. The first-order valence-corrected chi connectivity index (χ1v) is 13.6. The fourth-order valence-corrected chi connectivity index (χ4v) is 8.14. The summed E-state index contributed by atoms with van der Waals surface area (Å²) in [5.41, 5.74) is 0. The zero-order valence-corrected chi connectivity index (χ0v) is 22.4. The van der Waals surface area contributed by atoms with E-state index in [2.05, 4.69) is 101 Å². The van der Waals surface area contributed by atoms with E-state index in [1.807, 2.05) is 6.08 Å². The first-order valence-electron chi connectivity index (χ1n) is 12.0. The molecule has 0 saturated carbocycles. The Labute approximate surface area is 210 Å². The van der Waals surface area contributed by atoms with Gasteiger partial charge in [-0.2, -0.15) is 13.2 Å². The summed E-state index contributed by atoms with van der Waals surface area (Å²) >= 11 is 0. The van der Waals surface area contributed by atoms with E-state index in [1.54, 1.807) is 0 Å². The molecule has 7 heteroatoms. The summed E-state index contributed by atoms with van der Waals surface area (Å²) in [5.74, 6) is 1.33. The largest absolute Gasteiger partial charge is 0.495 e. The van der Waals surface area contributed by atoms with Crippen LogP contribution in [0.15, 0.2) is 82.4 Å². The molecule has 196 valence electrons. The molecule has 0 aromatic heterocycles. The third-order valence-corrected chi connectivity index (χ3v) is 9.81. The molecule has 0 saturated heterocycles. The highest BCUT2D eigenvalue weighted by molar-refractivity contribution is 8.31. The maximum Gasteiger partial charge on any atom is 0.386 e. The van der Waals surface area contributed by atoms with Gasteiger partial charge in [0.25, 0.3) is 0 Å². The second-order valence-electron chi connectivity index (χ2n) is 10.3. The minimum absolute atomic E-state index is 0.0963. The lowest BCUT2D eigenvalue weighted by Crippen LogP contribution is -2.43. The number of allylic oxidation sites excluding steroid dienone is 1. The number of halogens is 3. The van der Waals surface area contributed by atoms with Crippen LogP contribution in [0.3, 0.4) is 0 Å². The minimum atomic E-state index is -4.00. The third kappa shape index (κ3) is 8.50. The van der Waals surface area contributed by atoms with Crippen molar-refractivity contribution in [3.63, 3.8) is 0 Å². The minimum Gasteiger partial charge on any atom is -0.495 e. The Hall–Kier alpha value is -2.12. The van der Waals surface area contributed by atoms with Crippen LogP contribution in [0.25, 0.3) is 0 Å². The quantitative estimate of drug-likeness (QED) is 0.391. The molecular formula is C28H40F3NO2S. The highest BCUT2D eigenvalue weighted by atomic mass is 32.3. The molecule has 0 fully saturated rings. The van der Waals surface area contributed by atoms with Gasteiger partial charge in [-0.05, 0) is 75.8 Å². The van der Waals surface area contributed by atoms with Crippen molar-refractivity contribution in [3.05, 3.63) is 72.6 Å². The second kappa shape index (κ2) is 12.2. The van der Waals surface area contributed by atoms with Gasteiger partial charge in [-0.15, -0.1) is 0 Å². The van der Waals surface area contributed by atoms with Gasteiger partial charge in [-0.1, -0.05) is 60.6 Å². The Bertz CT molecular complexity index is 879. The molecule has 35 heavy (non-hydrogen) atoms. The first kappa shape index (κ1) is 29.1. The van der Waals surface area contributed by atoms with Crippen molar-refractivity contribution in [2.45, 2.75) is 81.1 Å². The van der Waals surface area contributed by atoms with Crippen LogP contribution < -0.4 is 5.32 Å². The first-order chi connectivity index (χ1) is 16.2. The highest BCUT2D eigenvalue weighted by Gasteiger charge is 2.42. The lowest BCUT2D eigenvalue weighted by molar-refractivity contribution is -0.110. The molecule has 0 bridgehead atoms. The number of benzene rings is 2. The molecule has 0 amide bonds. The maximum atomic E-state index is 10.4. The number of aliphatic hydroxyl groups excluding tert-OH is 1. The number of hydrogen-bond acceptors (Lipinski definition) is 3. The second-order valence-corrected chi connectivity index (χ2v) is 13.8. The Balaban J connectivity index is 0.000000784. The van der Waals surface area contributed by atoms with Crippen molar-refractivity contribution in [1.29, 1.82) is 0 Å². The Morgan fingerprint density at radius 2 is 1.40 bits per heavy atom. The molecule has 0 radical (unpaired) electrons. The standard InChI is InChI=1S/C26H37NO2S.C2H3F3/c1-20(2)18-21-16-17-25(28)27-24(21)19-29-30(26(3,4)5,22-12-8-6-9-13-22)23-14-10-7-11-15-23;1-2(3,4)5/h6-15,17,20-21,24,27-28H,16,18-19H2,1-5H3;1H3. The number of aliphatic hydroxyl groups is 1. The lowest BCUT2D eigenvalue weighted by Gasteiger charge is -2.51. The third-order valence-electron chi connectivity index (χ3n) is 5.73. The van der Waals surface area contributed by atoms with E-state index in [0.29, 0.717) is 18.4 Å². The molecule has 2 unspecified atom stereocenters. The molecular weight excluding hydrogens is 471 g/mol. The van der Waals surface area contributed by atoms with Crippen molar-refractivity contribution >= 4 is 10.3 Å².